The molecule has 1 aromatic rings. The van der Waals surface area contributed by atoms with Gasteiger partial charge in [-0.1, -0.05) is 0 Å². The molecule has 0 bridgehead atoms. The van der Waals surface area contributed by atoms with E-state index in [9.17, 15) is 13.6 Å². The maximum Gasteiger partial charge on any atom is 0.374 e. The second kappa shape index (κ2) is 3.73. The molecule has 1 N–H and O–H groups in total. The van der Waals surface area contributed by atoms with Crippen LogP contribution in [0.25, 0.3) is 0 Å². The molecule has 0 aliphatic heterocycles. The molecule has 0 saturated heterocycles. The number of nitrogens with zero attached hydrogens (tertiary/aromatic N) is 2. The third kappa shape index (κ3) is 2.27. The van der Waals surface area contributed by atoms with Crippen molar-refractivity contribution in [1.29, 1.82) is 0 Å². The summed E-state index contributed by atoms with van der Waals surface area (Å²) in [6, 6.07) is 0. The van der Waals surface area contributed by atoms with E-state index in [0.29, 0.717) is 6.54 Å². The number of carboxylic acids is 1. The Morgan fingerprint density at radius 3 is 2.79 bits per heavy atom. The van der Waals surface area contributed by atoms with Gasteiger partial charge in [-0.15, -0.1) is 0 Å². The number of rotatable bonds is 4. The minimum absolute atomic E-state index is 0.0826. The second-order valence-corrected chi connectivity index (χ2v) is 2.88. The number of aliphatic carboxylic acids is 1. The van der Waals surface area contributed by atoms with Gasteiger partial charge in [-0.2, -0.15) is 8.78 Å². The molecule has 4 nitrogen and oxygen atoms in total. The van der Waals surface area contributed by atoms with Gasteiger partial charge in [0, 0.05) is 12.7 Å². The highest BCUT2D eigenvalue weighted by Gasteiger charge is 2.39. The highest BCUT2D eigenvalue weighted by Crippen LogP contribution is 2.19. The number of hydrogen-bond acceptors (Lipinski definition) is 2. The number of carboxylic acid groups (broad SMARTS) is 1. The summed E-state index contributed by atoms with van der Waals surface area (Å²) < 4.78 is 27.0. The van der Waals surface area contributed by atoms with E-state index in [2.05, 4.69) is 4.98 Å². The van der Waals surface area contributed by atoms with Crippen LogP contribution in [0.3, 0.4) is 0 Å². The number of hydrogen-bond donors (Lipinski definition) is 1. The van der Waals surface area contributed by atoms with E-state index in [4.69, 9.17) is 5.11 Å². The Balaban J connectivity index is 2.73. The fraction of sp³-hybridized carbons (Fsp3) is 0.500. The van der Waals surface area contributed by atoms with E-state index >= 15 is 0 Å². The minimum Gasteiger partial charge on any atom is -0.477 e. The zero-order chi connectivity index (χ0) is 10.8. The third-order valence-corrected chi connectivity index (χ3v) is 1.77. The molecule has 6 heteroatoms. The van der Waals surface area contributed by atoms with E-state index in [1.165, 1.54) is 12.5 Å². The predicted molar refractivity (Wildman–Crippen MR) is 44.2 cm³/mol. The zero-order valence-corrected chi connectivity index (χ0v) is 7.57. The number of carbonyl (C=O) groups is 1. The highest BCUT2D eigenvalue weighted by molar-refractivity contribution is 5.75. The molecule has 0 aromatic carbocycles. The topological polar surface area (TPSA) is 55.1 Å². The SMILES string of the molecule is CCn1cnc(CC(F)(F)C(=O)O)c1. The van der Waals surface area contributed by atoms with E-state index in [1.807, 2.05) is 6.92 Å². The summed E-state index contributed by atoms with van der Waals surface area (Å²) >= 11 is 0. The summed E-state index contributed by atoms with van der Waals surface area (Å²) in [5, 5.41) is 8.18. The molecule has 0 amide bonds. The number of halogens is 2. The van der Waals surface area contributed by atoms with Crippen LogP contribution >= 0.6 is 0 Å². The number of aromatic nitrogens is 2. The fourth-order valence-electron chi connectivity index (χ4n) is 0.974. The zero-order valence-electron chi connectivity index (χ0n) is 7.57. The summed E-state index contributed by atoms with van der Waals surface area (Å²) in [6.45, 7) is 2.45. The molecular weight excluding hydrogens is 194 g/mol. The van der Waals surface area contributed by atoms with Gasteiger partial charge < -0.3 is 9.67 Å². The molecule has 1 rings (SSSR count). The van der Waals surface area contributed by atoms with Gasteiger partial charge in [-0.3, -0.25) is 0 Å². The van der Waals surface area contributed by atoms with Crippen molar-refractivity contribution in [3.63, 3.8) is 0 Å². The molecule has 14 heavy (non-hydrogen) atoms. The Labute approximate surface area is 79.2 Å². The normalized spacial score (nSPS) is 11.6. The van der Waals surface area contributed by atoms with Gasteiger partial charge in [-0.05, 0) is 6.92 Å². The first-order valence-corrected chi connectivity index (χ1v) is 4.07. The predicted octanol–water partition coefficient (Wildman–Crippen LogP) is 1.17. The minimum atomic E-state index is -3.74. The van der Waals surface area contributed by atoms with Crippen LogP contribution < -0.4 is 0 Å². The monoisotopic (exact) mass is 204 g/mol. The molecule has 0 unspecified atom stereocenters. The fourth-order valence-corrected chi connectivity index (χ4v) is 0.974. The van der Waals surface area contributed by atoms with E-state index in [-0.39, 0.29) is 5.69 Å². The molecule has 0 aliphatic carbocycles. The lowest BCUT2D eigenvalue weighted by Crippen LogP contribution is -2.30. The maximum absolute atomic E-state index is 12.7. The highest BCUT2D eigenvalue weighted by atomic mass is 19.3. The second-order valence-electron chi connectivity index (χ2n) is 2.88. The van der Waals surface area contributed by atoms with E-state index < -0.39 is 18.3 Å². The van der Waals surface area contributed by atoms with Crippen LogP contribution in [-0.2, 0) is 17.8 Å². The van der Waals surface area contributed by atoms with Crippen molar-refractivity contribution < 1.29 is 18.7 Å². The molecule has 1 aromatic heterocycles. The Kier molecular flexibility index (Phi) is 2.83. The summed E-state index contributed by atoms with van der Waals surface area (Å²) in [6.07, 6.45) is 1.94. The Morgan fingerprint density at radius 1 is 1.71 bits per heavy atom. The van der Waals surface area contributed by atoms with Crippen LogP contribution in [0.1, 0.15) is 12.6 Å². The summed E-state index contributed by atoms with van der Waals surface area (Å²) in [4.78, 5) is 13.8. The van der Waals surface area contributed by atoms with Crippen molar-refractivity contribution in [3.05, 3.63) is 18.2 Å². The van der Waals surface area contributed by atoms with E-state index in [0.717, 1.165) is 0 Å². The average molecular weight is 204 g/mol. The lowest BCUT2D eigenvalue weighted by Gasteiger charge is -2.07. The molecular formula is C8H10F2N2O2. The lowest BCUT2D eigenvalue weighted by molar-refractivity contribution is -0.164. The lowest BCUT2D eigenvalue weighted by atomic mass is 10.2. The molecule has 0 radical (unpaired) electrons. The Morgan fingerprint density at radius 2 is 2.36 bits per heavy atom. The summed E-state index contributed by atoms with van der Waals surface area (Å²) in [5.74, 6) is -5.86. The maximum atomic E-state index is 12.7. The van der Waals surface area contributed by atoms with Gasteiger partial charge in [0.05, 0.1) is 18.4 Å². The number of imidazole rings is 1. The molecule has 0 aliphatic rings. The first-order valence-electron chi connectivity index (χ1n) is 4.07. The van der Waals surface area contributed by atoms with E-state index in [1.54, 1.807) is 4.57 Å². The molecule has 1 heterocycles. The quantitative estimate of drug-likeness (QED) is 0.800. The first-order chi connectivity index (χ1) is 6.45. The van der Waals surface area contributed by atoms with Crippen LogP contribution in [0.2, 0.25) is 0 Å². The van der Waals surface area contributed by atoms with Crippen molar-refractivity contribution >= 4 is 5.97 Å². The molecule has 0 spiro atoms. The van der Waals surface area contributed by atoms with Crippen molar-refractivity contribution in [1.82, 2.24) is 9.55 Å². The van der Waals surface area contributed by atoms with Gasteiger partial charge in [0.25, 0.3) is 0 Å². The van der Waals surface area contributed by atoms with Gasteiger partial charge in [-0.25, -0.2) is 9.78 Å². The number of aryl methyl sites for hydroxylation is 1. The Bertz CT molecular complexity index is 336. The van der Waals surface area contributed by atoms with Crippen LogP contribution in [0, 0.1) is 0 Å². The molecule has 0 fully saturated rings. The largest absolute Gasteiger partial charge is 0.477 e. The molecule has 0 saturated carbocycles. The van der Waals surface area contributed by atoms with Gasteiger partial charge in [0.2, 0.25) is 0 Å². The van der Waals surface area contributed by atoms with Crippen LogP contribution in [-0.4, -0.2) is 26.5 Å². The van der Waals surface area contributed by atoms with Crippen molar-refractivity contribution in [2.75, 3.05) is 0 Å². The summed E-state index contributed by atoms with van der Waals surface area (Å²) in [7, 11) is 0. The van der Waals surface area contributed by atoms with Crippen molar-refractivity contribution in [3.8, 4) is 0 Å². The van der Waals surface area contributed by atoms with Crippen molar-refractivity contribution in [2.24, 2.45) is 0 Å². The molecule has 0 atom stereocenters. The smallest absolute Gasteiger partial charge is 0.374 e. The number of alkyl halides is 2. The van der Waals surface area contributed by atoms with Gasteiger partial charge in [0.15, 0.2) is 0 Å². The first kappa shape index (κ1) is 10.6. The van der Waals surface area contributed by atoms with Crippen molar-refractivity contribution in [2.45, 2.75) is 25.8 Å². The van der Waals surface area contributed by atoms with Gasteiger partial charge >= 0.3 is 11.9 Å². The standard InChI is InChI=1S/C8H10F2N2O2/c1-2-12-4-6(11-5-12)3-8(9,10)7(13)14/h4-5H,2-3H2,1H3,(H,13,14). The van der Waals surface area contributed by atoms with Crippen LogP contribution in [0.15, 0.2) is 12.5 Å². The third-order valence-electron chi connectivity index (χ3n) is 1.77. The van der Waals surface area contributed by atoms with Gasteiger partial charge in [0.1, 0.15) is 0 Å². The average Bonchev–Trinajstić information content (AvgIpc) is 2.51. The summed E-state index contributed by atoms with van der Waals surface area (Å²) in [5.41, 5.74) is 0.0826. The van der Waals surface area contributed by atoms with Crippen LogP contribution in [0.5, 0.6) is 0 Å². The Hall–Kier alpha value is -1.46. The molecule has 78 valence electrons. The van der Waals surface area contributed by atoms with Crippen LogP contribution in [0.4, 0.5) is 8.78 Å².